The van der Waals surface area contributed by atoms with Gasteiger partial charge in [0.1, 0.15) is 0 Å². The van der Waals surface area contributed by atoms with Gasteiger partial charge in [0.25, 0.3) is 0 Å². The van der Waals surface area contributed by atoms with Crippen molar-refractivity contribution in [3.8, 4) is 0 Å². The van der Waals surface area contributed by atoms with Gasteiger partial charge in [0.2, 0.25) is 21.8 Å². The lowest BCUT2D eigenvalue weighted by Gasteiger charge is -2.55. The van der Waals surface area contributed by atoms with Gasteiger partial charge in [-0.15, -0.1) is 0 Å². The fourth-order valence-electron chi connectivity index (χ4n) is 8.74. The third-order valence-corrected chi connectivity index (χ3v) is 11.6. The van der Waals surface area contributed by atoms with Gasteiger partial charge >= 0.3 is 0 Å². The van der Waals surface area contributed by atoms with Crippen molar-refractivity contribution in [1.29, 1.82) is 0 Å². The zero-order chi connectivity index (χ0) is 26.8. The third kappa shape index (κ3) is 4.76. The number of hydrogen-bond donors (Lipinski definition) is 2. The van der Waals surface area contributed by atoms with Gasteiger partial charge in [0.15, 0.2) is 0 Å². The van der Waals surface area contributed by atoms with E-state index in [4.69, 9.17) is 0 Å². The van der Waals surface area contributed by atoms with Crippen molar-refractivity contribution in [3.63, 3.8) is 0 Å². The number of amides is 2. The first kappa shape index (κ1) is 26.4. The fourth-order valence-corrected chi connectivity index (χ4v) is 10.9. The Labute approximate surface area is 221 Å². The fraction of sp³-hybridized carbons (Fsp3) is 0.655. The summed E-state index contributed by atoms with van der Waals surface area (Å²) >= 11 is 0. The number of hydrogen-bond acceptors (Lipinski definition) is 4. The molecule has 0 aromatic heterocycles. The van der Waals surface area contributed by atoms with E-state index in [1.165, 1.54) is 25.3 Å². The predicted octanol–water partition coefficient (Wildman–Crippen LogP) is 4.85. The van der Waals surface area contributed by atoms with Crippen LogP contribution in [0.3, 0.4) is 0 Å². The number of benzene rings is 1. The van der Waals surface area contributed by atoms with Gasteiger partial charge in [-0.25, -0.2) is 8.42 Å². The highest BCUT2D eigenvalue weighted by Gasteiger charge is 2.55. The van der Waals surface area contributed by atoms with Crippen molar-refractivity contribution >= 4 is 27.5 Å². The van der Waals surface area contributed by atoms with Crippen molar-refractivity contribution in [2.45, 2.75) is 101 Å². The summed E-state index contributed by atoms with van der Waals surface area (Å²) in [4.78, 5) is 25.5. The molecule has 7 nitrogen and oxygen atoms in total. The first-order valence-corrected chi connectivity index (χ1v) is 15.1. The normalized spacial score (nSPS) is 32.6. The van der Waals surface area contributed by atoms with Gasteiger partial charge in [0, 0.05) is 22.8 Å². The SMILES string of the molecule is C=CC(=O)NC1CC(C)(C)N(S(=O)(=O)c2ccc(NC(=O)C34CC5CC(CC(C5)C3)C4)cc2)C(C)(C)C1. The van der Waals surface area contributed by atoms with Gasteiger partial charge < -0.3 is 10.6 Å². The lowest BCUT2D eigenvalue weighted by molar-refractivity contribution is -0.140. The molecule has 0 spiro atoms. The first-order valence-electron chi connectivity index (χ1n) is 13.6. The standard InChI is InChI=1S/C29H41N3O4S/c1-6-25(33)30-23-17-27(2,3)32(28(4,5)18-23)37(35,36)24-9-7-22(8-10-24)31-26(34)29-14-19-11-20(15-29)13-21(12-19)16-29/h6-10,19-21,23H,1,11-18H2,2-5H3,(H,30,33)(H,31,34). The Kier molecular flexibility index (Phi) is 6.38. The Morgan fingerprint density at radius 2 is 1.38 bits per heavy atom. The molecule has 4 aliphatic carbocycles. The monoisotopic (exact) mass is 527 g/mol. The highest BCUT2D eigenvalue weighted by Crippen LogP contribution is 2.60. The van der Waals surface area contributed by atoms with E-state index < -0.39 is 21.1 Å². The minimum Gasteiger partial charge on any atom is -0.350 e. The molecule has 5 fully saturated rings. The molecule has 2 amide bonds. The molecular formula is C29H41N3O4S. The lowest BCUT2D eigenvalue weighted by Crippen LogP contribution is -2.65. The largest absolute Gasteiger partial charge is 0.350 e. The molecule has 4 bridgehead atoms. The maximum absolute atomic E-state index is 13.9. The van der Waals surface area contributed by atoms with E-state index in [9.17, 15) is 18.0 Å². The average molecular weight is 528 g/mol. The van der Waals surface area contributed by atoms with Crippen molar-refractivity contribution < 1.29 is 18.0 Å². The molecule has 8 heteroatoms. The number of nitrogens with zero attached hydrogens (tertiary/aromatic N) is 1. The summed E-state index contributed by atoms with van der Waals surface area (Å²) in [7, 11) is -3.83. The Bertz CT molecular complexity index is 1150. The van der Waals surface area contributed by atoms with Gasteiger partial charge in [-0.2, -0.15) is 4.31 Å². The smallest absolute Gasteiger partial charge is 0.244 e. The number of anilines is 1. The summed E-state index contributed by atoms with van der Waals surface area (Å²) in [6, 6.07) is 6.47. The molecule has 1 heterocycles. The first-order chi connectivity index (χ1) is 17.2. The molecule has 37 heavy (non-hydrogen) atoms. The molecule has 1 saturated heterocycles. The number of piperidine rings is 1. The van der Waals surface area contributed by atoms with Crippen molar-refractivity contribution in [3.05, 3.63) is 36.9 Å². The van der Waals surface area contributed by atoms with Crippen LogP contribution < -0.4 is 10.6 Å². The van der Waals surface area contributed by atoms with Gasteiger partial charge in [-0.3, -0.25) is 9.59 Å². The molecule has 1 aromatic carbocycles. The van der Waals surface area contributed by atoms with E-state index in [0.29, 0.717) is 36.3 Å². The van der Waals surface area contributed by atoms with Gasteiger partial charge in [-0.05, 0) is 127 Å². The van der Waals surface area contributed by atoms with E-state index in [0.717, 1.165) is 19.3 Å². The van der Waals surface area contributed by atoms with Crippen molar-refractivity contribution in [2.24, 2.45) is 23.2 Å². The molecule has 5 aliphatic rings. The number of carbonyl (C=O) groups excluding carboxylic acids is 2. The van der Waals surface area contributed by atoms with Crippen LogP contribution in [0, 0.1) is 23.2 Å². The Hall–Kier alpha value is -2.19. The van der Waals surface area contributed by atoms with Crippen LogP contribution in [0.25, 0.3) is 0 Å². The average Bonchev–Trinajstić information content (AvgIpc) is 2.76. The molecule has 0 unspecified atom stereocenters. The van der Waals surface area contributed by atoms with E-state index in [1.807, 2.05) is 27.7 Å². The molecule has 4 saturated carbocycles. The molecule has 2 N–H and O–H groups in total. The zero-order valence-electron chi connectivity index (χ0n) is 22.5. The van der Waals surface area contributed by atoms with Gasteiger partial charge in [0.05, 0.1) is 10.3 Å². The van der Waals surface area contributed by atoms with Crippen LogP contribution in [0.1, 0.15) is 79.1 Å². The minimum absolute atomic E-state index is 0.105. The molecule has 6 rings (SSSR count). The molecule has 202 valence electrons. The summed E-state index contributed by atoms with van der Waals surface area (Å²) in [5, 5.41) is 6.07. The van der Waals surface area contributed by atoms with Crippen molar-refractivity contribution in [1.82, 2.24) is 9.62 Å². The van der Waals surface area contributed by atoms with E-state index in [-0.39, 0.29) is 28.2 Å². The van der Waals surface area contributed by atoms with E-state index >= 15 is 0 Å². The number of rotatable bonds is 6. The Balaban J connectivity index is 1.32. The second kappa shape index (κ2) is 8.94. The Morgan fingerprint density at radius 1 is 0.892 bits per heavy atom. The summed E-state index contributed by atoms with van der Waals surface area (Å²) in [5.41, 5.74) is -1.04. The Morgan fingerprint density at radius 3 is 1.84 bits per heavy atom. The second-order valence-electron chi connectivity index (χ2n) is 13.4. The molecule has 0 radical (unpaired) electrons. The van der Waals surface area contributed by atoms with Crippen LogP contribution in [0.5, 0.6) is 0 Å². The quantitative estimate of drug-likeness (QED) is 0.517. The summed E-state index contributed by atoms with van der Waals surface area (Å²) in [6.45, 7) is 11.1. The predicted molar refractivity (Wildman–Crippen MR) is 144 cm³/mol. The van der Waals surface area contributed by atoms with Crippen LogP contribution >= 0.6 is 0 Å². The molecule has 0 atom stereocenters. The number of nitrogens with one attached hydrogen (secondary N) is 2. The number of carbonyl (C=O) groups is 2. The van der Waals surface area contributed by atoms with E-state index in [2.05, 4.69) is 17.2 Å². The zero-order valence-corrected chi connectivity index (χ0v) is 23.4. The molecular weight excluding hydrogens is 486 g/mol. The maximum atomic E-state index is 13.9. The van der Waals surface area contributed by atoms with Gasteiger partial charge in [-0.1, -0.05) is 6.58 Å². The topological polar surface area (TPSA) is 95.6 Å². The lowest BCUT2D eigenvalue weighted by atomic mass is 9.49. The van der Waals surface area contributed by atoms with Crippen LogP contribution in [-0.2, 0) is 19.6 Å². The summed E-state index contributed by atoms with van der Waals surface area (Å²) in [5.74, 6) is 1.91. The van der Waals surface area contributed by atoms with E-state index in [1.54, 1.807) is 28.6 Å². The molecule has 1 aromatic rings. The maximum Gasteiger partial charge on any atom is 0.244 e. The highest BCUT2D eigenvalue weighted by molar-refractivity contribution is 7.89. The summed E-state index contributed by atoms with van der Waals surface area (Å²) in [6.07, 6.45) is 9.05. The van der Waals surface area contributed by atoms with Crippen LogP contribution in [-0.4, -0.2) is 41.7 Å². The van der Waals surface area contributed by atoms with Crippen LogP contribution in [0.2, 0.25) is 0 Å². The van der Waals surface area contributed by atoms with Crippen molar-refractivity contribution in [2.75, 3.05) is 5.32 Å². The summed E-state index contributed by atoms with van der Waals surface area (Å²) < 4.78 is 29.4. The minimum atomic E-state index is -3.83. The van der Waals surface area contributed by atoms with Crippen LogP contribution in [0.4, 0.5) is 5.69 Å². The molecule has 1 aliphatic heterocycles. The second-order valence-corrected chi connectivity index (χ2v) is 15.2. The highest BCUT2D eigenvalue weighted by atomic mass is 32.2. The number of sulfonamides is 1. The van der Waals surface area contributed by atoms with Crippen LogP contribution in [0.15, 0.2) is 41.8 Å². The third-order valence-electron chi connectivity index (χ3n) is 9.29.